The lowest BCUT2D eigenvalue weighted by atomic mass is 10.0. The molecule has 4 rings (SSSR count). The first-order valence-electron chi connectivity index (χ1n) is 9.43. The maximum atomic E-state index is 13.4. The summed E-state index contributed by atoms with van der Waals surface area (Å²) < 4.78 is 1.55. The molecule has 4 aromatic rings. The van der Waals surface area contributed by atoms with Gasteiger partial charge in [0.15, 0.2) is 0 Å². The molecule has 3 aromatic carbocycles. The largest absolute Gasteiger partial charge is 0.398 e. The van der Waals surface area contributed by atoms with Gasteiger partial charge in [0.25, 0.3) is 5.56 Å². The van der Waals surface area contributed by atoms with Crippen LogP contribution in [0.15, 0.2) is 88.6 Å². The normalized spacial score (nSPS) is 11.6. The monoisotopic (exact) mass is 382 g/mol. The second kappa shape index (κ2) is 7.64. The highest BCUT2D eigenvalue weighted by atomic mass is 16.1. The smallest absolute Gasteiger partial charge is 0.280 e. The van der Waals surface area contributed by atoms with Crippen molar-refractivity contribution in [2.75, 3.05) is 5.73 Å². The van der Waals surface area contributed by atoms with Gasteiger partial charge in [-0.1, -0.05) is 54.6 Å². The molecule has 0 radical (unpaired) electrons. The van der Waals surface area contributed by atoms with Gasteiger partial charge < -0.3 is 5.73 Å². The Kier molecular flexibility index (Phi) is 4.87. The summed E-state index contributed by atoms with van der Waals surface area (Å²) >= 11 is 0. The SMILES string of the molecule is Cc1[nH]n(-c2ccccc2)c(=O)c1C(=Nc1cccc(N)c1C)c1ccccc1. The summed E-state index contributed by atoms with van der Waals surface area (Å²) in [4.78, 5) is 18.3. The van der Waals surface area contributed by atoms with Crippen LogP contribution in [0.5, 0.6) is 0 Å². The minimum atomic E-state index is -0.141. The van der Waals surface area contributed by atoms with Gasteiger partial charge in [-0.15, -0.1) is 0 Å². The number of aromatic nitrogens is 2. The highest BCUT2D eigenvalue weighted by molar-refractivity contribution is 6.14. The van der Waals surface area contributed by atoms with E-state index >= 15 is 0 Å². The van der Waals surface area contributed by atoms with E-state index in [1.807, 2.05) is 92.7 Å². The van der Waals surface area contributed by atoms with Gasteiger partial charge in [0, 0.05) is 16.9 Å². The summed E-state index contributed by atoms with van der Waals surface area (Å²) in [6.07, 6.45) is 0. The molecule has 0 bridgehead atoms. The van der Waals surface area contributed by atoms with Gasteiger partial charge in [-0.3, -0.25) is 9.89 Å². The fraction of sp³-hybridized carbons (Fsp3) is 0.0833. The molecule has 0 aliphatic heterocycles. The van der Waals surface area contributed by atoms with E-state index in [1.54, 1.807) is 4.68 Å². The Morgan fingerprint density at radius 1 is 0.897 bits per heavy atom. The van der Waals surface area contributed by atoms with Gasteiger partial charge in [-0.25, -0.2) is 9.67 Å². The first kappa shape index (κ1) is 18.5. The standard InChI is InChI=1S/C24H22N4O/c1-16-20(25)14-9-15-21(16)26-23(18-10-5-3-6-11-18)22-17(2)27-28(24(22)29)19-12-7-4-8-13-19/h3-15,27H,25H2,1-2H3. The number of aryl methyl sites for hydroxylation is 1. The molecule has 0 saturated carbocycles. The van der Waals surface area contributed by atoms with Crippen LogP contribution in [0.1, 0.15) is 22.4 Å². The molecule has 5 nitrogen and oxygen atoms in total. The third kappa shape index (κ3) is 3.50. The lowest BCUT2D eigenvalue weighted by Gasteiger charge is -2.09. The fourth-order valence-electron chi connectivity index (χ4n) is 3.33. The molecule has 0 aliphatic carbocycles. The number of hydrogen-bond acceptors (Lipinski definition) is 3. The van der Waals surface area contributed by atoms with Crippen molar-refractivity contribution in [2.24, 2.45) is 4.99 Å². The number of nitrogens with one attached hydrogen (secondary N) is 1. The lowest BCUT2D eigenvalue weighted by molar-refractivity contribution is 0.835. The number of nitrogens with two attached hydrogens (primary N) is 1. The van der Waals surface area contributed by atoms with E-state index in [0.29, 0.717) is 17.0 Å². The van der Waals surface area contributed by atoms with Crippen LogP contribution < -0.4 is 11.3 Å². The molecular formula is C24H22N4O. The number of benzene rings is 3. The first-order chi connectivity index (χ1) is 14.1. The van der Waals surface area contributed by atoms with E-state index in [9.17, 15) is 4.79 Å². The van der Waals surface area contributed by atoms with E-state index in [0.717, 1.165) is 28.2 Å². The van der Waals surface area contributed by atoms with E-state index in [-0.39, 0.29) is 5.56 Å². The van der Waals surface area contributed by atoms with Crippen molar-refractivity contribution in [1.29, 1.82) is 0 Å². The zero-order chi connectivity index (χ0) is 20.4. The molecule has 144 valence electrons. The predicted molar refractivity (Wildman–Crippen MR) is 118 cm³/mol. The van der Waals surface area contributed by atoms with Crippen molar-refractivity contribution in [3.63, 3.8) is 0 Å². The number of hydrogen-bond donors (Lipinski definition) is 2. The molecule has 0 unspecified atom stereocenters. The van der Waals surface area contributed by atoms with Gasteiger partial charge in [-0.2, -0.15) is 0 Å². The zero-order valence-electron chi connectivity index (χ0n) is 16.4. The zero-order valence-corrected chi connectivity index (χ0v) is 16.4. The first-order valence-corrected chi connectivity index (χ1v) is 9.43. The highest BCUT2D eigenvalue weighted by Gasteiger charge is 2.20. The fourth-order valence-corrected chi connectivity index (χ4v) is 3.33. The maximum absolute atomic E-state index is 13.4. The summed E-state index contributed by atoms with van der Waals surface area (Å²) in [6.45, 7) is 3.82. The molecule has 5 heteroatoms. The summed E-state index contributed by atoms with van der Waals surface area (Å²) in [5.41, 5.74) is 11.8. The van der Waals surface area contributed by atoms with Crippen molar-refractivity contribution in [3.05, 3.63) is 112 Å². The lowest BCUT2D eigenvalue weighted by Crippen LogP contribution is -2.21. The van der Waals surface area contributed by atoms with Crippen LogP contribution in [0.25, 0.3) is 5.69 Å². The number of H-pyrrole nitrogens is 1. The molecule has 29 heavy (non-hydrogen) atoms. The summed E-state index contributed by atoms with van der Waals surface area (Å²) in [7, 11) is 0. The van der Waals surface area contributed by atoms with Crippen molar-refractivity contribution in [1.82, 2.24) is 9.78 Å². The average molecular weight is 382 g/mol. The summed E-state index contributed by atoms with van der Waals surface area (Å²) in [6, 6.07) is 24.9. The molecule has 0 fully saturated rings. The minimum Gasteiger partial charge on any atom is -0.398 e. The number of aromatic amines is 1. The average Bonchev–Trinajstić information content (AvgIpc) is 3.04. The van der Waals surface area contributed by atoms with E-state index in [2.05, 4.69) is 5.10 Å². The highest BCUT2D eigenvalue weighted by Crippen LogP contribution is 2.26. The number of rotatable bonds is 4. The number of nitrogen functional groups attached to an aromatic ring is 1. The Bertz CT molecular complexity index is 1240. The number of para-hydroxylation sites is 1. The van der Waals surface area contributed by atoms with Crippen molar-refractivity contribution < 1.29 is 0 Å². The molecule has 3 N–H and O–H groups in total. The van der Waals surface area contributed by atoms with Gasteiger partial charge in [0.2, 0.25) is 0 Å². The van der Waals surface area contributed by atoms with E-state index in [4.69, 9.17) is 10.7 Å². The van der Waals surface area contributed by atoms with Gasteiger partial charge >= 0.3 is 0 Å². The van der Waals surface area contributed by atoms with Gasteiger partial charge in [-0.05, 0) is 43.7 Å². The van der Waals surface area contributed by atoms with Crippen molar-refractivity contribution in [2.45, 2.75) is 13.8 Å². The Labute approximate surface area is 169 Å². The second-order valence-corrected chi connectivity index (χ2v) is 6.91. The number of nitrogens with zero attached hydrogens (tertiary/aromatic N) is 2. The van der Waals surface area contributed by atoms with E-state index in [1.165, 1.54) is 0 Å². The third-order valence-corrected chi connectivity index (χ3v) is 4.95. The molecule has 0 spiro atoms. The van der Waals surface area contributed by atoms with Gasteiger partial charge in [0.1, 0.15) is 0 Å². The molecule has 0 saturated heterocycles. The maximum Gasteiger partial charge on any atom is 0.280 e. The Morgan fingerprint density at radius 2 is 1.55 bits per heavy atom. The van der Waals surface area contributed by atoms with Crippen LogP contribution in [0.2, 0.25) is 0 Å². The van der Waals surface area contributed by atoms with Crippen molar-refractivity contribution in [3.8, 4) is 5.69 Å². The number of aliphatic imine (C=N–C) groups is 1. The molecular weight excluding hydrogens is 360 g/mol. The molecule has 1 aromatic heterocycles. The van der Waals surface area contributed by atoms with E-state index < -0.39 is 0 Å². The quantitative estimate of drug-likeness (QED) is 0.402. The molecule has 1 heterocycles. The molecule has 0 amide bonds. The molecule has 0 atom stereocenters. The van der Waals surface area contributed by atoms with Crippen LogP contribution in [-0.2, 0) is 0 Å². The summed E-state index contributed by atoms with van der Waals surface area (Å²) in [5.74, 6) is 0. The Morgan fingerprint density at radius 3 is 2.24 bits per heavy atom. The minimum absolute atomic E-state index is 0.141. The van der Waals surface area contributed by atoms with Crippen LogP contribution in [0.4, 0.5) is 11.4 Å². The predicted octanol–water partition coefficient (Wildman–Crippen LogP) is 4.53. The molecule has 0 aliphatic rings. The Hall–Kier alpha value is -3.86. The topological polar surface area (TPSA) is 76.2 Å². The van der Waals surface area contributed by atoms with Crippen LogP contribution >= 0.6 is 0 Å². The van der Waals surface area contributed by atoms with Crippen LogP contribution in [-0.4, -0.2) is 15.5 Å². The Balaban J connectivity index is 1.97. The van der Waals surface area contributed by atoms with Crippen LogP contribution in [0.3, 0.4) is 0 Å². The number of anilines is 1. The third-order valence-electron chi connectivity index (χ3n) is 4.95. The van der Waals surface area contributed by atoms with Crippen molar-refractivity contribution >= 4 is 17.1 Å². The second-order valence-electron chi connectivity index (χ2n) is 6.91. The summed E-state index contributed by atoms with van der Waals surface area (Å²) in [5, 5.41) is 3.19. The van der Waals surface area contributed by atoms with Gasteiger partial charge in [0.05, 0.1) is 22.6 Å². The van der Waals surface area contributed by atoms with Crippen LogP contribution in [0, 0.1) is 13.8 Å².